The van der Waals surface area contributed by atoms with Gasteiger partial charge in [0.2, 0.25) is 0 Å². The predicted molar refractivity (Wildman–Crippen MR) is 66.3 cm³/mol. The molecule has 0 spiro atoms. The summed E-state index contributed by atoms with van der Waals surface area (Å²) in [5.41, 5.74) is 0. The average Bonchev–Trinajstić information content (AvgIpc) is 2.66. The van der Waals surface area contributed by atoms with Crippen LogP contribution in [0.5, 0.6) is 0 Å². The van der Waals surface area contributed by atoms with E-state index < -0.39 is 5.97 Å². The zero-order chi connectivity index (χ0) is 11.4. The van der Waals surface area contributed by atoms with Crippen LogP contribution in [-0.2, 0) is 4.79 Å². The molecule has 4 heteroatoms. The topological polar surface area (TPSA) is 40.5 Å². The van der Waals surface area contributed by atoms with Crippen LogP contribution in [0.1, 0.15) is 32.1 Å². The highest BCUT2D eigenvalue weighted by Gasteiger charge is 2.21. The van der Waals surface area contributed by atoms with E-state index in [1.54, 1.807) is 0 Å². The van der Waals surface area contributed by atoms with Gasteiger partial charge in [-0.15, -0.1) is 11.8 Å². The number of allylic oxidation sites excluding steroid dienone is 1. The Kier molecular flexibility index (Phi) is 4.29. The highest BCUT2D eigenvalue weighted by molar-refractivity contribution is 8.03. The van der Waals surface area contributed by atoms with Gasteiger partial charge in [0.1, 0.15) is 0 Å². The van der Waals surface area contributed by atoms with Crippen LogP contribution < -0.4 is 0 Å². The molecule has 3 nitrogen and oxygen atoms in total. The van der Waals surface area contributed by atoms with Crippen molar-refractivity contribution in [2.45, 2.75) is 32.1 Å². The minimum Gasteiger partial charge on any atom is -0.480 e. The van der Waals surface area contributed by atoms with Crippen LogP contribution in [0.2, 0.25) is 0 Å². The third kappa shape index (κ3) is 3.52. The second kappa shape index (κ2) is 5.73. The van der Waals surface area contributed by atoms with Gasteiger partial charge in [0, 0.05) is 12.4 Å². The molecule has 90 valence electrons. The second-order valence-electron chi connectivity index (χ2n) is 4.69. The van der Waals surface area contributed by atoms with Crippen LogP contribution >= 0.6 is 11.8 Å². The molecule has 0 aromatic rings. The first-order valence-electron chi connectivity index (χ1n) is 6.01. The van der Waals surface area contributed by atoms with E-state index in [9.17, 15) is 4.79 Å². The Balaban J connectivity index is 1.82. The Hall–Kier alpha value is -0.480. The van der Waals surface area contributed by atoms with Gasteiger partial charge in [-0.2, -0.15) is 0 Å². The molecule has 2 fully saturated rings. The van der Waals surface area contributed by atoms with E-state index in [1.807, 2.05) is 16.7 Å². The number of carboxylic acid groups (broad SMARTS) is 1. The monoisotopic (exact) mass is 241 g/mol. The Morgan fingerprint density at radius 3 is 2.88 bits per heavy atom. The fourth-order valence-corrected chi connectivity index (χ4v) is 3.54. The summed E-state index contributed by atoms with van der Waals surface area (Å²) in [7, 11) is 0. The lowest BCUT2D eigenvalue weighted by Crippen LogP contribution is -2.26. The normalized spacial score (nSPS) is 26.4. The quantitative estimate of drug-likeness (QED) is 0.824. The molecule has 16 heavy (non-hydrogen) atoms. The number of carboxylic acids is 1. The smallest absolute Gasteiger partial charge is 0.317 e. The van der Waals surface area contributed by atoms with E-state index in [0.29, 0.717) is 0 Å². The Bertz CT molecular complexity index is 285. The van der Waals surface area contributed by atoms with E-state index in [-0.39, 0.29) is 6.54 Å². The molecule has 0 unspecified atom stereocenters. The van der Waals surface area contributed by atoms with Gasteiger partial charge in [-0.05, 0) is 23.7 Å². The van der Waals surface area contributed by atoms with Crippen molar-refractivity contribution in [1.29, 1.82) is 0 Å². The molecular formula is C12H19NO2S. The first-order valence-corrected chi connectivity index (χ1v) is 7.00. The van der Waals surface area contributed by atoms with Crippen molar-refractivity contribution in [2.75, 3.05) is 19.0 Å². The molecule has 0 radical (unpaired) electrons. The van der Waals surface area contributed by atoms with Gasteiger partial charge in [-0.3, -0.25) is 9.69 Å². The van der Waals surface area contributed by atoms with Crippen molar-refractivity contribution in [3.8, 4) is 0 Å². The molecule has 0 atom stereocenters. The summed E-state index contributed by atoms with van der Waals surface area (Å²) in [5.74, 6) is 0.866. The molecule has 1 saturated carbocycles. The zero-order valence-corrected chi connectivity index (χ0v) is 10.3. The lowest BCUT2D eigenvalue weighted by molar-refractivity contribution is -0.137. The van der Waals surface area contributed by atoms with Gasteiger partial charge >= 0.3 is 5.97 Å². The minimum absolute atomic E-state index is 0.176. The molecule has 1 aliphatic heterocycles. The maximum atomic E-state index is 10.6. The van der Waals surface area contributed by atoms with Crippen molar-refractivity contribution in [3.05, 3.63) is 11.0 Å². The summed E-state index contributed by atoms with van der Waals surface area (Å²) in [5, 5.41) is 8.71. The first-order chi connectivity index (χ1) is 7.74. The summed E-state index contributed by atoms with van der Waals surface area (Å²) in [6.07, 6.45) is 9.14. The van der Waals surface area contributed by atoms with Crippen molar-refractivity contribution < 1.29 is 9.90 Å². The largest absolute Gasteiger partial charge is 0.480 e. The number of thioether (sulfide) groups is 1. The van der Waals surface area contributed by atoms with E-state index in [4.69, 9.17) is 5.11 Å². The third-order valence-corrected chi connectivity index (χ3v) is 4.37. The van der Waals surface area contributed by atoms with Crippen molar-refractivity contribution in [1.82, 2.24) is 4.90 Å². The van der Waals surface area contributed by atoms with Crippen LogP contribution in [0.4, 0.5) is 0 Å². The third-order valence-electron chi connectivity index (χ3n) is 3.24. The molecule has 1 heterocycles. The molecule has 1 aliphatic carbocycles. The summed E-state index contributed by atoms with van der Waals surface area (Å²) in [6, 6.07) is 0. The summed E-state index contributed by atoms with van der Waals surface area (Å²) in [6.45, 7) is 1.02. The molecule has 2 rings (SSSR count). The van der Waals surface area contributed by atoms with Gasteiger partial charge in [-0.1, -0.05) is 25.3 Å². The SMILES string of the molecule is O=C(O)CN1CSC(=CC2CCCCC2)C1. The molecule has 1 N–H and O–H groups in total. The molecule has 0 aromatic heterocycles. The molecule has 1 saturated heterocycles. The lowest BCUT2D eigenvalue weighted by Gasteiger charge is -2.18. The van der Waals surface area contributed by atoms with Crippen molar-refractivity contribution >= 4 is 17.7 Å². The number of hydrogen-bond acceptors (Lipinski definition) is 3. The average molecular weight is 241 g/mol. The summed E-state index contributed by atoms with van der Waals surface area (Å²) < 4.78 is 0. The van der Waals surface area contributed by atoms with Gasteiger partial charge in [0.15, 0.2) is 0 Å². The first kappa shape index (κ1) is 12.0. The lowest BCUT2D eigenvalue weighted by atomic mass is 9.89. The highest BCUT2D eigenvalue weighted by Crippen LogP contribution is 2.31. The number of hydrogen-bond donors (Lipinski definition) is 1. The summed E-state index contributed by atoms with van der Waals surface area (Å²) in [4.78, 5) is 14.0. The number of rotatable bonds is 3. The van der Waals surface area contributed by atoms with Gasteiger partial charge < -0.3 is 5.11 Å². The van der Waals surface area contributed by atoms with Crippen LogP contribution in [0.25, 0.3) is 0 Å². The Labute approximate surface area is 101 Å². The Morgan fingerprint density at radius 2 is 2.19 bits per heavy atom. The van der Waals surface area contributed by atoms with Crippen LogP contribution in [-0.4, -0.2) is 34.9 Å². The molecule has 0 aromatic carbocycles. The minimum atomic E-state index is -0.723. The number of aliphatic carboxylic acids is 1. The van der Waals surface area contributed by atoms with Crippen LogP contribution in [0.15, 0.2) is 11.0 Å². The maximum Gasteiger partial charge on any atom is 0.317 e. The summed E-state index contributed by atoms with van der Waals surface area (Å²) >= 11 is 1.81. The zero-order valence-electron chi connectivity index (χ0n) is 9.52. The van der Waals surface area contributed by atoms with E-state index in [1.165, 1.54) is 37.0 Å². The Morgan fingerprint density at radius 1 is 1.44 bits per heavy atom. The molecule has 0 amide bonds. The number of carbonyl (C=O) groups is 1. The van der Waals surface area contributed by atoms with Crippen LogP contribution in [0.3, 0.4) is 0 Å². The van der Waals surface area contributed by atoms with Gasteiger partial charge in [-0.25, -0.2) is 0 Å². The van der Waals surface area contributed by atoms with Crippen LogP contribution in [0, 0.1) is 5.92 Å². The van der Waals surface area contributed by atoms with Crippen molar-refractivity contribution in [2.24, 2.45) is 5.92 Å². The standard InChI is InChI=1S/C12H19NO2S/c14-12(15)8-13-7-11(16-9-13)6-10-4-2-1-3-5-10/h6,10H,1-5,7-9H2,(H,14,15). The highest BCUT2D eigenvalue weighted by atomic mass is 32.2. The van der Waals surface area contributed by atoms with Gasteiger partial charge in [0.25, 0.3) is 0 Å². The van der Waals surface area contributed by atoms with Gasteiger partial charge in [0.05, 0.1) is 6.54 Å². The van der Waals surface area contributed by atoms with E-state index in [2.05, 4.69) is 6.08 Å². The van der Waals surface area contributed by atoms with Crippen molar-refractivity contribution in [3.63, 3.8) is 0 Å². The fourth-order valence-electron chi connectivity index (χ4n) is 2.44. The predicted octanol–water partition coefficient (Wildman–Crippen LogP) is 2.54. The fraction of sp³-hybridized carbons (Fsp3) is 0.750. The second-order valence-corrected chi connectivity index (χ2v) is 5.76. The van der Waals surface area contributed by atoms with E-state index >= 15 is 0 Å². The van der Waals surface area contributed by atoms with E-state index in [0.717, 1.165) is 18.3 Å². The molecular weight excluding hydrogens is 222 g/mol. The molecule has 0 bridgehead atoms. The maximum absolute atomic E-state index is 10.6. The molecule has 2 aliphatic rings. The number of nitrogens with zero attached hydrogens (tertiary/aromatic N) is 1.